The second-order valence-corrected chi connectivity index (χ2v) is 12.0. The van der Waals surface area contributed by atoms with Crippen LogP contribution in [0.5, 0.6) is 0 Å². The largest absolute Gasteiger partial charge is 0.405 e. The molecule has 6 rings (SSSR count). The number of fused-ring (bicyclic) bond motifs is 2. The molecule has 4 N–H and O–H groups in total. The molecule has 2 aromatic carbocycles. The van der Waals surface area contributed by atoms with Crippen LogP contribution in [-0.2, 0) is 19.3 Å². The molecular formula is C38H55BN5. The van der Waals surface area contributed by atoms with Gasteiger partial charge in [-0.15, -0.1) is 0 Å². The van der Waals surface area contributed by atoms with Gasteiger partial charge in [0.1, 0.15) is 0 Å². The summed E-state index contributed by atoms with van der Waals surface area (Å²) >= 11 is 0. The van der Waals surface area contributed by atoms with Crippen molar-refractivity contribution in [3.63, 3.8) is 0 Å². The van der Waals surface area contributed by atoms with Crippen LogP contribution in [0.3, 0.4) is 0 Å². The van der Waals surface area contributed by atoms with Crippen molar-refractivity contribution in [2.75, 3.05) is 7.05 Å². The summed E-state index contributed by atoms with van der Waals surface area (Å²) in [5.41, 5.74) is 21.0. The summed E-state index contributed by atoms with van der Waals surface area (Å²) in [7, 11) is 3.89. The highest BCUT2D eigenvalue weighted by Gasteiger charge is 2.26. The van der Waals surface area contributed by atoms with Gasteiger partial charge in [-0.05, 0) is 105 Å². The summed E-state index contributed by atoms with van der Waals surface area (Å²) in [6.45, 7) is 13.0. The summed E-state index contributed by atoms with van der Waals surface area (Å²) in [5, 5.41) is 6.12. The lowest BCUT2D eigenvalue weighted by atomic mass is 9.70. The van der Waals surface area contributed by atoms with Crippen molar-refractivity contribution in [3.8, 4) is 11.3 Å². The molecule has 1 fully saturated rings. The Morgan fingerprint density at radius 2 is 1.61 bits per heavy atom. The van der Waals surface area contributed by atoms with Gasteiger partial charge in [0, 0.05) is 17.3 Å². The van der Waals surface area contributed by atoms with Gasteiger partial charge in [-0.1, -0.05) is 95.1 Å². The number of nitrogens with two attached hydrogens (primary N) is 2. The average molecular weight is 593 g/mol. The van der Waals surface area contributed by atoms with Crippen molar-refractivity contribution in [3.05, 3.63) is 88.9 Å². The second-order valence-electron chi connectivity index (χ2n) is 12.0. The van der Waals surface area contributed by atoms with Crippen molar-refractivity contribution < 1.29 is 0 Å². The normalized spacial score (nSPS) is 15.0. The van der Waals surface area contributed by atoms with E-state index in [2.05, 4.69) is 101 Å². The van der Waals surface area contributed by atoms with Gasteiger partial charge in [-0.2, -0.15) is 5.10 Å². The fraction of sp³-hybridized carbons (Fsp3) is 0.474. The first-order valence-electron chi connectivity index (χ1n) is 16.8. The van der Waals surface area contributed by atoms with Crippen LogP contribution in [-0.4, -0.2) is 29.1 Å². The SMILES string of the molecule is C/C=C\N.CCCC.CCCc1ccc(-c2nc(CCc3cc(C)c4nn(C5CC5)cc4c3)cc3c2[B]CC3C)cc1.CN. The standard InChI is InChI=1S/C30H33BN3.C4H10.C3H7N.CH5N/c1-4-5-21-6-9-23(10-7-21)30-28-27(20(3)17-31-28)16-25(32-30)11-8-22-14-19(2)29-24(15-22)18-34(33-29)26-12-13-26;1-3-4-2;1-2-3-4;1-2/h6-7,9-10,14-16,18,20,26H,4-5,8,11-13,17H2,1-3H3;3-4H2,1-2H3;2-3H,4H2,1H3;2H2,1H3/b;;3-2-;. The van der Waals surface area contributed by atoms with Gasteiger partial charge in [-0.3, -0.25) is 9.67 Å². The number of aromatic nitrogens is 3. The Bertz CT molecular complexity index is 1460. The topological polar surface area (TPSA) is 82.8 Å². The molecule has 1 aliphatic carbocycles. The third-order valence-corrected chi connectivity index (χ3v) is 8.28. The van der Waals surface area contributed by atoms with Crippen LogP contribution in [0.15, 0.2) is 60.9 Å². The molecular weight excluding hydrogens is 537 g/mol. The first kappa shape index (κ1) is 35.1. The molecule has 1 radical (unpaired) electrons. The summed E-state index contributed by atoms with van der Waals surface area (Å²) in [6, 6.07) is 16.7. The van der Waals surface area contributed by atoms with Crippen LogP contribution in [0.2, 0.25) is 6.32 Å². The summed E-state index contributed by atoms with van der Waals surface area (Å²) in [5.74, 6) is 0.571. The molecule has 1 saturated carbocycles. The van der Waals surface area contributed by atoms with Crippen molar-refractivity contribution in [1.82, 2.24) is 14.8 Å². The van der Waals surface area contributed by atoms with Crippen LogP contribution in [0, 0.1) is 6.92 Å². The summed E-state index contributed by atoms with van der Waals surface area (Å²) in [6.07, 6.45) is 16.1. The van der Waals surface area contributed by atoms with Gasteiger partial charge in [0.05, 0.1) is 17.3 Å². The van der Waals surface area contributed by atoms with Gasteiger partial charge in [0.2, 0.25) is 0 Å². The number of hydrogen-bond donors (Lipinski definition) is 2. The van der Waals surface area contributed by atoms with Crippen LogP contribution in [0.25, 0.3) is 22.2 Å². The molecule has 0 spiro atoms. The van der Waals surface area contributed by atoms with Crippen LogP contribution in [0.1, 0.15) is 107 Å². The van der Waals surface area contributed by atoms with Crippen molar-refractivity contribution in [2.45, 2.75) is 111 Å². The highest BCUT2D eigenvalue weighted by atomic mass is 15.3. The van der Waals surface area contributed by atoms with Crippen molar-refractivity contribution in [2.24, 2.45) is 11.5 Å². The third-order valence-electron chi connectivity index (χ3n) is 8.28. The Labute approximate surface area is 267 Å². The average Bonchev–Trinajstić information content (AvgIpc) is 3.72. The number of nitrogens with zero attached hydrogens (tertiary/aromatic N) is 3. The maximum absolute atomic E-state index is 5.21. The Morgan fingerprint density at radius 3 is 2.20 bits per heavy atom. The zero-order valence-corrected chi connectivity index (χ0v) is 28.4. The number of allylic oxidation sites excluding steroid dienone is 1. The molecule has 1 unspecified atom stereocenters. The summed E-state index contributed by atoms with van der Waals surface area (Å²) < 4.78 is 2.18. The molecule has 2 aliphatic rings. The van der Waals surface area contributed by atoms with E-state index in [-0.39, 0.29) is 0 Å². The van der Waals surface area contributed by atoms with E-state index in [4.69, 9.17) is 15.8 Å². The molecule has 0 amide bonds. The first-order chi connectivity index (χ1) is 21.4. The lowest BCUT2D eigenvalue weighted by molar-refractivity contribution is 0.649. The summed E-state index contributed by atoms with van der Waals surface area (Å²) in [4.78, 5) is 5.21. The maximum atomic E-state index is 5.21. The molecule has 6 heteroatoms. The lowest BCUT2D eigenvalue weighted by Gasteiger charge is -2.14. The molecule has 1 aliphatic heterocycles. The highest BCUT2D eigenvalue weighted by Crippen LogP contribution is 2.36. The molecule has 0 saturated heterocycles. The smallest absolute Gasteiger partial charge is 0.155 e. The number of benzene rings is 2. The van der Waals surface area contributed by atoms with Gasteiger partial charge < -0.3 is 11.5 Å². The van der Waals surface area contributed by atoms with E-state index in [9.17, 15) is 0 Å². The zero-order valence-electron chi connectivity index (χ0n) is 28.4. The predicted molar refractivity (Wildman–Crippen MR) is 192 cm³/mol. The fourth-order valence-electron chi connectivity index (χ4n) is 5.49. The second kappa shape index (κ2) is 17.8. The molecule has 2 aromatic heterocycles. The number of rotatable bonds is 8. The monoisotopic (exact) mass is 592 g/mol. The molecule has 1 atom stereocenters. The van der Waals surface area contributed by atoms with Crippen molar-refractivity contribution >= 4 is 23.6 Å². The Morgan fingerprint density at radius 1 is 0.932 bits per heavy atom. The fourth-order valence-corrected chi connectivity index (χ4v) is 5.49. The van der Waals surface area contributed by atoms with Crippen LogP contribution in [0.4, 0.5) is 0 Å². The molecule has 5 nitrogen and oxygen atoms in total. The Hall–Kier alpha value is -3.38. The molecule has 235 valence electrons. The Balaban J connectivity index is 0.000000468. The Kier molecular flexibility index (Phi) is 14.2. The van der Waals surface area contributed by atoms with E-state index in [0.717, 1.165) is 36.8 Å². The van der Waals surface area contributed by atoms with E-state index in [1.165, 1.54) is 89.7 Å². The van der Waals surface area contributed by atoms with Gasteiger partial charge in [0.25, 0.3) is 0 Å². The number of pyridine rings is 1. The molecule has 4 aromatic rings. The molecule has 0 bridgehead atoms. The first-order valence-corrected chi connectivity index (χ1v) is 16.8. The minimum atomic E-state index is 0.571. The molecule has 44 heavy (non-hydrogen) atoms. The van der Waals surface area contributed by atoms with E-state index in [0.29, 0.717) is 12.0 Å². The van der Waals surface area contributed by atoms with E-state index in [1.54, 1.807) is 6.08 Å². The maximum Gasteiger partial charge on any atom is 0.155 e. The zero-order chi connectivity index (χ0) is 32.1. The third kappa shape index (κ3) is 9.31. The van der Waals surface area contributed by atoms with Gasteiger partial charge in [0.15, 0.2) is 7.28 Å². The minimum absolute atomic E-state index is 0.571. The predicted octanol–water partition coefficient (Wildman–Crippen LogP) is 8.20. The quantitative estimate of drug-likeness (QED) is 0.202. The van der Waals surface area contributed by atoms with Gasteiger partial charge in [-0.25, -0.2) is 0 Å². The van der Waals surface area contributed by atoms with E-state index in [1.807, 2.05) is 6.92 Å². The van der Waals surface area contributed by atoms with Gasteiger partial charge >= 0.3 is 0 Å². The minimum Gasteiger partial charge on any atom is -0.405 e. The number of unbranched alkanes of at least 4 members (excludes halogenated alkanes) is 1. The molecule has 3 heterocycles. The van der Waals surface area contributed by atoms with Crippen molar-refractivity contribution in [1.29, 1.82) is 0 Å². The highest BCUT2D eigenvalue weighted by molar-refractivity contribution is 6.57. The van der Waals surface area contributed by atoms with E-state index < -0.39 is 0 Å². The lowest BCUT2D eigenvalue weighted by Crippen LogP contribution is -2.18. The van der Waals surface area contributed by atoms with Crippen LogP contribution < -0.4 is 16.9 Å². The number of hydrogen-bond acceptors (Lipinski definition) is 4. The number of aryl methyl sites for hydroxylation is 4. The van der Waals surface area contributed by atoms with Crippen LogP contribution >= 0.6 is 0 Å². The van der Waals surface area contributed by atoms with E-state index >= 15 is 0 Å².